The molecular formula is C17H26N2OS. The minimum Gasteiger partial charge on any atom is -0.492 e. The molecule has 1 aromatic rings. The summed E-state index contributed by atoms with van der Waals surface area (Å²) in [6.07, 6.45) is 7.48. The van der Waals surface area contributed by atoms with Gasteiger partial charge in [0, 0.05) is 19.0 Å². The number of rotatable bonds is 7. The molecule has 0 saturated heterocycles. The molecule has 0 bridgehead atoms. The lowest BCUT2D eigenvalue weighted by atomic mass is 9.94. The monoisotopic (exact) mass is 306 g/mol. The van der Waals surface area contributed by atoms with Crippen LogP contribution in [0.3, 0.4) is 0 Å². The summed E-state index contributed by atoms with van der Waals surface area (Å²) >= 11 is 4.91. The highest BCUT2D eigenvalue weighted by Crippen LogP contribution is 2.21. The number of likely N-dealkylation sites (N-methyl/N-ethyl adjacent to an activating group) is 1. The van der Waals surface area contributed by atoms with E-state index in [-0.39, 0.29) is 0 Å². The molecule has 116 valence electrons. The zero-order valence-corrected chi connectivity index (χ0v) is 13.7. The van der Waals surface area contributed by atoms with Gasteiger partial charge in [-0.15, -0.1) is 0 Å². The molecule has 3 nitrogen and oxygen atoms in total. The lowest BCUT2D eigenvalue weighted by molar-refractivity contribution is 0.160. The molecule has 1 saturated carbocycles. The minimum atomic E-state index is 0.526. The zero-order valence-electron chi connectivity index (χ0n) is 12.9. The van der Waals surface area contributed by atoms with E-state index in [1.54, 1.807) is 0 Å². The lowest BCUT2D eigenvalue weighted by Gasteiger charge is -2.31. The molecule has 2 N–H and O–H groups in total. The maximum absolute atomic E-state index is 5.82. The molecule has 0 radical (unpaired) electrons. The van der Waals surface area contributed by atoms with Gasteiger partial charge in [0.1, 0.15) is 12.4 Å². The van der Waals surface area contributed by atoms with Gasteiger partial charge < -0.3 is 15.4 Å². The molecule has 0 amide bonds. The number of thiocarbonyl (C=S) groups is 1. The number of benzene rings is 1. The van der Waals surface area contributed by atoms with Crippen molar-refractivity contribution >= 4 is 17.2 Å². The second-order valence-corrected chi connectivity index (χ2v) is 6.43. The topological polar surface area (TPSA) is 38.5 Å². The van der Waals surface area contributed by atoms with E-state index in [9.17, 15) is 0 Å². The zero-order chi connectivity index (χ0) is 15.1. The fourth-order valence-corrected chi connectivity index (χ4v) is 3.08. The molecule has 1 aliphatic carbocycles. The average molecular weight is 306 g/mol. The molecule has 0 aliphatic heterocycles. The first-order chi connectivity index (χ1) is 10.1. The third-order valence-electron chi connectivity index (χ3n) is 4.21. The first-order valence-electron chi connectivity index (χ1n) is 7.85. The standard InChI is InChI=1S/C17H26N2OS/c1-19(15-5-3-2-4-6-15)11-12-20-16-9-7-14(8-10-16)13-17(18)21/h7-10,15H,2-6,11-13H2,1H3,(H2,18,21). The summed E-state index contributed by atoms with van der Waals surface area (Å²) in [4.78, 5) is 2.97. The Morgan fingerprint density at radius 3 is 2.52 bits per heavy atom. The molecule has 0 aromatic heterocycles. The second-order valence-electron chi connectivity index (χ2n) is 5.91. The van der Waals surface area contributed by atoms with Crippen LogP contribution in [0.1, 0.15) is 37.7 Å². The van der Waals surface area contributed by atoms with Gasteiger partial charge in [0.05, 0.1) is 4.99 Å². The van der Waals surface area contributed by atoms with E-state index >= 15 is 0 Å². The summed E-state index contributed by atoms with van der Waals surface area (Å²) in [6.45, 7) is 1.72. The maximum atomic E-state index is 5.82. The van der Waals surface area contributed by atoms with Gasteiger partial charge in [0.15, 0.2) is 0 Å². The van der Waals surface area contributed by atoms with Gasteiger partial charge in [-0.2, -0.15) is 0 Å². The molecule has 1 aliphatic rings. The highest BCUT2D eigenvalue weighted by Gasteiger charge is 2.17. The number of nitrogens with zero attached hydrogens (tertiary/aromatic N) is 1. The van der Waals surface area contributed by atoms with Gasteiger partial charge >= 0.3 is 0 Å². The van der Waals surface area contributed by atoms with Crippen molar-refractivity contribution in [2.45, 2.75) is 44.6 Å². The Balaban J connectivity index is 1.71. The van der Waals surface area contributed by atoms with Crippen LogP contribution in [0.5, 0.6) is 5.75 Å². The molecule has 0 spiro atoms. The largest absolute Gasteiger partial charge is 0.492 e. The first kappa shape index (κ1) is 16.2. The van der Waals surface area contributed by atoms with Crippen LogP contribution in [0.4, 0.5) is 0 Å². The van der Waals surface area contributed by atoms with Crippen LogP contribution < -0.4 is 10.5 Å². The Labute approximate surface area is 133 Å². The molecule has 4 heteroatoms. The van der Waals surface area contributed by atoms with Crippen molar-refractivity contribution in [2.75, 3.05) is 20.2 Å². The Morgan fingerprint density at radius 1 is 1.24 bits per heavy atom. The van der Waals surface area contributed by atoms with Crippen molar-refractivity contribution in [2.24, 2.45) is 5.73 Å². The highest BCUT2D eigenvalue weighted by atomic mass is 32.1. The molecular weight excluding hydrogens is 280 g/mol. The second kappa shape index (κ2) is 8.35. The summed E-state index contributed by atoms with van der Waals surface area (Å²) in [5, 5.41) is 0. The molecule has 1 fully saturated rings. The van der Waals surface area contributed by atoms with Crippen LogP contribution in [0, 0.1) is 0 Å². The lowest BCUT2D eigenvalue weighted by Crippen LogP contribution is -2.36. The molecule has 0 unspecified atom stereocenters. The Bertz CT molecular complexity index is 441. The van der Waals surface area contributed by atoms with Crippen LogP contribution in [0.15, 0.2) is 24.3 Å². The molecule has 0 atom stereocenters. The number of hydrogen-bond donors (Lipinski definition) is 1. The van der Waals surface area contributed by atoms with E-state index in [2.05, 4.69) is 11.9 Å². The van der Waals surface area contributed by atoms with Crippen LogP contribution >= 0.6 is 12.2 Å². The fraction of sp³-hybridized carbons (Fsp3) is 0.588. The summed E-state index contributed by atoms with van der Waals surface area (Å²) < 4.78 is 5.82. The average Bonchev–Trinajstić information content (AvgIpc) is 2.49. The summed E-state index contributed by atoms with van der Waals surface area (Å²) in [7, 11) is 2.21. The quantitative estimate of drug-likeness (QED) is 0.785. The van der Waals surface area contributed by atoms with Crippen LogP contribution in [0.25, 0.3) is 0 Å². The Morgan fingerprint density at radius 2 is 1.90 bits per heavy atom. The van der Waals surface area contributed by atoms with Crippen molar-refractivity contribution in [3.8, 4) is 5.75 Å². The van der Waals surface area contributed by atoms with E-state index in [1.165, 1.54) is 32.1 Å². The molecule has 1 aromatic carbocycles. The van der Waals surface area contributed by atoms with Gasteiger partial charge in [-0.25, -0.2) is 0 Å². The van der Waals surface area contributed by atoms with E-state index in [0.29, 0.717) is 11.4 Å². The van der Waals surface area contributed by atoms with E-state index in [4.69, 9.17) is 22.7 Å². The van der Waals surface area contributed by atoms with Crippen LogP contribution in [0.2, 0.25) is 0 Å². The summed E-state index contributed by atoms with van der Waals surface area (Å²) in [5.41, 5.74) is 6.68. The third kappa shape index (κ3) is 5.64. The van der Waals surface area contributed by atoms with Crippen molar-refractivity contribution in [1.82, 2.24) is 4.90 Å². The highest BCUT2D eigenvalue weighted by molar-refractivity contribution is 7.80. The van der Waals surface area contributed by atoms with Gasteiger partial charge in [-0.05, 0) is 37.6 Å². The van der Waals surface area contributed by atoms with Crippen LogP contribution in [-0.2, 0) is 6.42 Å². The molecule has 2 rings (SSSR count). The van der Waals surface area contributed by atoms with E-state index in [0.717, 1.165) is 30.5 Å². The van der Waals surface area contributed by atoms with E-state index in [1.807, 2.05) is 24.3 Å². The number of hydrogen-bond acceptors (Lipinski definition) is 3. The number of nitrogens with two attached hydrogens (primary N) is 1. The van der Waals surface area contributed by atoms with Crippen LogP contribution in [-0.4, -0.2) is 36.1 Å². The molecule has 0 heterocycles. The fourth-order valence-electron chi connectivity index (χ4n) is 2.92. The third-order valence-corrected chi connectivity index (χ3v) is 4.36. The number of ether oxygens (including phenoxy) is 1. The summed E-state index contributed by atoms with van der Waals surface area (Å²) in [6, 6.07) is 8.79. The normalized spacial score (nSPS) is 16.1. The first-order valence-corrected chi connectivity index (χ1v) is 8.26. The van der Waals surface area contributed by atoms with Crippen molar-refractivity contribution < 1.29 is 4.74 Å². The van der Waals surface area contributed by atoms with Crippen molar-refractivity contribution in [1.29, 1.82) is 0 Å². The SMILES string of the molecule is CN(CCOc1ccc(CC(N)=S)cc1)C1CCCCC1. The van der Waals surface area contributed by atoms with Crippen molar-refractivity contribution in [3.05, 3.63) is 29.8 Å². The maximum Gasteiger partial charge on any atom is 0.119 e. The minimum absolute atomic E-state index is 0.526. The Hall–Kier alpha value is -1.13. The summed E-state index contributed by atoms with van der Waals surface area (Å²) in [5.74, 6) is 0.915. The molecule has 21 heavy (non-hydrogen) atoms. The smallest absolute Gasteiger partial charge is 0.119 e. The van der Waals surface area contributed by atoms with Gasteiger partial charge in [-0.1, -0.05) is 43.6 Å². The van der Waals surface area contributed by atoms with Gasteiger partial charge in [-0.3, -0.25) is 0 Å². The Kier molecular flexibility index (Phi) is 6.46. The van der Waals surface area contributed by atoms with Crippen molar-refractivity contribution in [3.63, 3.8) is 0 Å². The van der Waals surface area contributed by atoms with Gasteiger partial charge in [0.25, 0.3) is 0 Å². The van der Waals surface area contributed by atoms with Gasteiger partial charge in [0.2, 0.25) is 0 Å². The predicted octanol–water partition coefficient (Wildman–Crippen LogP) is 3.16. The predicted molar refractivity (Wildman–Crippen MR) is 91.9 cm³/mol. The van der Waals surface area contributed by atoms with E-state index < -0.39 is 0 Å².